The van der Waals surface area contributed by atoms with Crippen molar-refractivity contribution >= 4 is 11.8 Å². The predicted molar refractivity (Wildman–Crippen MR) is 88.8 cm³/mol. The van der Waals surface area contributed by atoms with Crippen LogP contribution in [0.3, 0.4) is 0 Å². The number of hydrogen-bond acceptors (Lipinski definition) is 4. The van der Waals surface area contributed by atoms with Crippen molar-refractivity contribution in [2.24, 2.45) is 0 Å². The van der Waals surface area contributed by atoms with Crippen molar-refractivity contribution in [2.45, 2.75) is 42.7 Å². The molecule has 0 aliphatic carbocycles. The van der Waals surface area contributed by atoms with Gasteiger partial charge in [0, 0.05) is 24.0 Å². The number of fused-ring (bicyclic) bond motifs is 1. The third-order valence-electron chi connectivity index (χ3n) is 4.56. The molecular weight excluding hydrogens is 280 g/mol. The fourth-order valence-corrected chi connectivity index (χ4v) is 4.40. The Kier molecular flexibility index (Phi) is 5.58. The van der Waals surface area contributed by atoms with E-state index in [-0.39, 0.29) is 6.10 Å². The van der Waals surface area contributed by atoms with Crippen LogP contribution in [0, 0.1) is 0 Å². The van der Waals surface area contributed by atoms with Crippen LogP contribution in [0.5, 0.6) is 0 Å². The molecule has 3 nitrogen and oxygen atoms in total. The van der Waals surface area contributed by atoms with Crippen molar-refractivity contribution in [2.75, 3.05) is 31.9 Å². The van der Waals surface area contributed by atoms with Gasteiger partial charge in [-0.2, -0.15) is 0 Å². The number of aliphatic hydroxyl groups excluding tert-OH is 1. The van der Waals surface area contributed by atoms with Gasteiger partial charge in [-0.1, -0.05) is 18.2 Å². The zero-order valence-corrected chi connectivity index (χ0v) is 13.4. The van der Waals surface area contributed by atoms with Gasteiger partial charge in [-0.05, 0) is 56.2 Å². The highest BCUT2D eigenvalue weighted by atomic mass is 32.2. The Bertz CT molecular complexity index is 446. The molecule has 21 heavy (non-hydrogen) atoms. The number of nitrogens with one attached hydrogen (secondary N) is 1. The third-order valence-corrected chi connectivity index (χ3v) is 5.68. The fraction of sp³-hybridized carbons (Fsp3) is 0.647. The van der Waals surface area contributed by atoms with E-state index >= 15 is 0 Å². The molecule has 1 aromatic carbocycles. The van der Waals surface area contributed by atoms with Gasteiger partial charge in [-0.15, -0.1) is 11.8 Å². The van der Waals surface area contributed by atoms with Crippen molar-refractivity contribution in [3.63, 3.8) is 0 Å². The SMILES string of the molecule is OC1CCN(CCCNC2CCSc3ccccc32)CC1. The van der Waals surface area contributed by atoms with E-state index in [4.69, 9.17) is 0 Å². The van der Waals surface area contributed by atoms with Gasteiger partial charge in [-0.25, -0.2) is 0 Å². The van der Waals surface area contributed by atoms with Crippen molar-refractivity contribution in [3.05, 3.63) is 29.8 Å². The van der Waals surface area contributed by atoms with E-state index in [0.29, 0.717) is 6.04 Å². The van der Waals surface area contributed by atoms with E-state index in [1.807, 2.05) is 11.8 Å². The Balaban J connectivity index is 1.40. The van der Waals surface area contributed by atoms with Gasteiger partial charge in [0.25, 0.3) is 0 Å². The monoisotopic (exact) mass is 306 g/mol. The minimum absolute atomic E-state index is 0.0596. The van der Waals surface area contributed by atoms with Crippen LogP contribution in [0.25, 0.3) is 0 Å². The molecule has 3 rings (SSSR count). The second kappa shape index (κ2) is 7.63. The van der Waals surface area contributed by atoms with Crippen LogP contribution < -0.4 is 5.32 Å². The molecule has 1 aromatic rings. The molecule has 0 amide bonds. The Hall–Kier alpha value is -0.550. The first-order valence-corrected chi connectivity index (χ1v) is 9.17. The molecule has 1 unspecified atom stereocenters. The zero-order valence-electron chi connectivity index (χ0n) is 12.6. The normalized spacial score (nSPS) is 24.0. The molecule has 4 heteroatoms. The summed E-state index contributed by atoms with van der Waals surface area (Å²) in [5, 5.41) is 13.3. The highest BCUT2D eigenvalue weighted by Crippen LogP contribution is 2.35. The van der Waals surface area contributed by atoms with Crippen LogP contribution in [0.2, 0.25) is 0 Å². The van der Waals surface area contributed by atoms with Crippen LogP contribution in [0.1, 0.15) is 37.3 Å². The van der Waals surface area contributed by atoms with Gasteiger partial charge in [0.15, 0.2) is 0 Å². The first-order valence-electron chi connectivity index (χ1n) is 8.18. The van der Waals surface area contributed by atoms with Crippen molar-refractivity contribution < 1.29 is 5.11 Å². The number of benzene rings is 1. The average Bonchev–Trinajstić information content (AvgIpc) is 2.53. The zero-order chi connectivity index (χ0) is 14.5. The Morgan fingerprint density at radius 3 is 2.86 bits per heavy atom. The number of nitrogens with zero attached hydrogens (tertiary/aromatic N) is 1. The molecule has 2 aliphatic heterocycles. The minimum atomic E-state index is -0.0596. The highest BCUT2D eigenvalue weighted by molar-refractivity contribution is 7.99. The van der Waals surface area contributed by atoms with E-state index in [1.165, 1.54) is 29.1 Å². The lowest BCUT2D eigenvalue weighted by molar-refractivity contribution is 0.0820. The molecule has 0 aromatic heterocycles. The molecule has 2 aliphatic rings. The van der Waals surface area contributed by atoms with Crippen LogP contribution in [0.15, 0.2) is 29.2 Å². The molecule has 0 radical (unpaired) electrons. The lowest BCUT2D eigenvalue weighted by Crippen LogP contribution is -2.37. The van der Waals surface area contributed by atoms with E-state index in [1.54, 1.807) is 0 Å². The molecule has 2 heterocycles. The highest BCUT2D eigenvalue weighted by Gasteiger charge is 2.20. The topological polar surface area (TPSA) is 35.5 Å². The van der Waals surface area contributed by atoms with Gasteiger partial charge in [0.2, 0.25) is 0 Å². The van der Waals surface area contributed by atoms with Crippen molar-refractivity contribution in [1.82, 2.24) is 10.2 Å². The molecular formula is C17H26N2OS. The fourth-order valence-electron chi connectivity index (χ4n) is 3.28. The first-order chi connectivity index (χ1) is 10.3. The molecule has 2 N–H and O–H groups in total. The Labute approximate surface area is 132 Å². The summed E-state index contributed by atoms with van der Waals surface area (Å²) in [7, 11) is 0. The van der Waals surface area contributed by atoms with Crippen LogP contribution >= 0.6 is 11.8 Å². The Morgan fingerprint density at radius 1 is 1.19 bits per heavy atom. The summed E-state index contributed by atoms with van der Waals surface area (Å²) in [6.45, 7) is 4.36. The van der Waals surface area contributed by atoms with Gasteiger partial charge < -0.3 is 15.3 Å². The summed E-state index contributed by atoms with van der Waals surface area (Å²) in [6.07, 6.45) is 4.26. The summed E-state index contributed by atoms with van der Waals surface area (Å²) < 4.78 is 0. The quantitative estimate of drug-likeness (QED) is 0.820. The largest absolute Gasteiger partial charge is 0.393 e. The number of rotatable bonds is 5. The maximum atomic E-state index is 9.52. The van der Waals surface area contributed by atoms with Gasteiger partial charge >= 0.3 is 0 Å². The van der Waals surface area contributed by atoms with E-state index in [0.717, 1.165) is 39.0 Å². The number of piperidine rings is 1. The average molecular weight is 306 g/mol. The molecule has 1 atom stereocenters. The lowest BCUT2D eigenvalue weighted by atomic mass is 10.0. The van der Waals surface area contributed by atoms with Gasteiger partial charge in [0.1, 0.15) is 0 Å². The smallest absolute Gasteiger partial charge is 0.0564 e. The lowest BCUT2D eigenvalue weighted by Gasteiger charge is -2.30. The van der Waals surface area contributed by atoms with Crippen molar-refractivity contribution in [3.8, 4) is 0 Å². The van der Waals surface area contributed by atoms with Gasteiger partial charge in [0.05, 0.1) is 6.10 Å². The number of aliphatic hydroxyl groups is 1. The van der Waals surface area contributed by atoms with Crippen LogP contribution in [-0.2, 0) is 0 Å². The summed E-state index contributed by atoms with van der Waals surface area (Å²) in [4.78, 5) is 3.94. The first kappa shape index (κ1) is 15.3. The Morgan fingerprint density at radius 2 is 2.00 bits per heavy atom. The predicted octanol–water partition coefficient (Wildman–Crippen LogP) is 2.66. The van der Waals surface area contributed by atoms with Crippen molar-refractivity contribution in [1.29, 1.82) is 0 Å². The summed E-state index contributed by atoms with van der Waals surface area (Å²) in [5.74, 6) is 1.22. The second-order valence-corrected chi connectivity index (χ2v) is 7.24. The van der Waals surface area contributed by atoms with Crippen LogP contribution in [0.4, 0.5) is 0 Å². The number of thioether (sulfide) groups is 1. The maximum absolute atomic E-state index is 9.52. The van der Waals surface area contributed by atoms with E-state index in [2.05, 4.69) is 34.5 Å². The molecule has 116 valence electrons. The summed E-state index contributed by atoms with van der Waals surface area (Å²) in [5.41, 5.74) is 1.48. The molecule has 0 bridgehead atoms. The molecule has 1 fully saturated rings. The molecule has 0 saturated carbocycles. The minimum Gasteiger partial charge on any atom is -0.393 e. The standard InChI is InChI=1S/C17H26N2OS/c20-14-6-11-19(12-7-14)10-3-9-18-16-8-13-21-17-5-2-1-4-15(16)17/h1-2,4-5,14,16,18,20H,3,6-13H2. The number of likely N-dealkylation sites (tertiary alicyclic amines) is 1. The maximum Gasteiger partial charge on any atom is 0.0564 e. The van der Waals surface area contributed by atoms with Crippen LogP contribution in [-0.4, -0.2) is 48.0 Å². The van der Waals surface area contributed by atoms with E-state index in [9.17, 15) is 5.11 Å². The molecule has 0 spiro atoms. The molecule has 1 saturated heterocycles. The van der Waals surface area contributed by atoms with E-state index < -0.39 is 0 Å². The summed E-state index contributed by atoms with van der Waals surface area (Å²) in [6, 6.07) is 9.33. The second-order valence-electron chi connectivity index (χ2n) is 6.11. The van der Waals surface area contributed by atoms with Gasteiger partial charge in [-0.3, -0.25) is 0 Å². The summed E-state index contributed by atoms with van der Waals surface area (Å²) >= 11 is 1.98. The third kappa shape index (κ3) is 4.22. The number of hydrogen-bond donors (Lipinski definition) is 2.